The molecule has 2 fully saturated rings. The molecule has 2 aliphatic rings. The van der Waals surface area contributed by atoms with Crippen molar-refractivity contribution in [2.45, 2.75) is 37.8 Å². The number of piperidine rings is 1. The summed E-state index contributed by atoms with van der Waals surface area (Å²) in [6.45, 7) is 1.35. The molecule has 6 heteroatoms. The number of pyridine rings is 1. The molecule has 21 heavy (non-hydrogen) atoms. The zero-order valence-corrected chi connectivity index (χ0v) is 11.8. The second kappa shape index (κ2) is 6.11. The van der Waals surface area contributed by atoms with Crippen LogP contribution in [0.5, 0.6) is 5.75 Å². The van der Waals surface area contributed by atoms with Crippen LogP contribution in [0.15, 0.2) is 24.5 Å². The largest absolute Gasteiger partial charge is 0.489 e. The number of likely N-dealkylation sites (tertiary alicyclic amines) is 1. The summed E-state index contributed by atoms with van der Waals surface area (Å²) in [5, 5.41) is 2.73. The molecule has 0 bridgehead atoms. The van der Waals surface area contributed by atoms with E-state index in [1.54, 1.807) is 12.4 Å². The van der Waals surface area contributed by atoms with Crippen LogP contribution < -0.4 is 10.1 Å². The number of rotatable bonds is 3. The van der Waals surface area contributed by atoms with Gasteiger partial charge in [0.15, 0.2) is 0 Å². The van der Waals surface area contributed by atoms with Crippen molar-refractivity contribution < 1.29 is 14.3 Å². The van der Waals surface area contributed by atoms with Crippen LogP contribution in [-0.2, 0) is 9.59 Å². The van der Waals surface area contributed by atoms with Crippen LogP contribution in [-0.4, -0.2) is 46.9 Å². The number of nitrogens with one attached hydrogen (secondary N) is 1. The highest BCUT2D eigenvalue weighted by Crippen LogP contribution is 2.19. The fourth-order valence-electron chi connectivity index (χ4n) is 2.82. The van der Waals surface area contributed by atoms with Crippen LogP contribution in [0.2, 0.25) is 0 Å². The van der Waals surface area contributed by atoms with Crippen LogP contribution in [0.4, 0.5) is 0 Å². The number of carbonyl (C=O) groups excluding carboxylic acids is 2. The van der Waals surface area contributed by atoms with Crippen molar-refractivity contribution in [1.29, 1.82) is 0 Å². The zero-order chi connectivity index (χ0) is 14.7. The molecule has 1 N–H and O–H groups in total. The van der Waals surface area contributed by atoms with Crippen LogP contribution >= 0.6 is 0 Å². The zero-order valence-electron chi connectivity index (χ0n) is 11.8. The molecule has 2 saturated heterocycles. The van der Waals surface area contributed by atoms with E-state index in [9.17, 15) is 9.59 Å². The fraction of sp³-hybridized carbons (Fsp3) is 0.533. The Labute approximate surface area is 123 Å². The maximum Gasteiger partial charge on any atom is 0.245 e. The average molecular weight is 289 g/mol. The molecule has 1 aromatic rings. The first-order valence-corrected chi connectivity index (χ1v) is 7.37. The van der Waals surface area contributed by atoms with Gasteiger partial charge in [-0.1, -0.05) is 0 Å². The lowest BCUT2D eigenvalue weighted by Gasteiger charge is -2.33. The average Bonchev–Trinajstić information content (AvgIpc) is 2.95. The summed E-state index contributed by atoms with van der Waals surface area (Å²) in [6.07, 6.45) is 6.22. The molecule has 0 spiro atoms. The SMILES string of the molecule is O=C1CCC(C(=O)N2CCC(Oc3cccnc3)CC2)N1. The standard InChI is InChI=1S/C15H19N3O3/c19-14-4-3-13(17-14)15(20)18-8-5-11(6-9-18)21-12-2-1-7-16-10-12/h1-2,7,10-11,13H,3-6,8-9H2,(H,17,19). The quantitative estimate of drug-likeness (QED) is 0.890. The minimum Gasteiger partial charge on any atom is -0.489 e. The summed E-state index contributed by atoms with van der Waals surface area (Å²) in [5.74, 6) is 0.786. The van der Waals surface area contributed by atoms with E-state index in [-0.39, 0.29) is 24.0 Å². The number of ether oxygens (including phenoxy) is 1. The van der Waals surface area contributed by atoms with Crippen molar-refractivity contribution in [1.82, 2.24) is 15.2 Å². The number of carbonyl (C=O) groups is 2. The molecule has 3 rings (SSSR count). The summed E-state index contributed by atoms with van der Waals surface area (Å²) in [5.41, 5.74) is 0. The van der Waals surface area contributed by atoms with E-state index in [1.807, 2.05) is 17.0 Å². The van der Waals surface area contributed by atoms with Gasteiger partial charge in [-0.25, -0.2) is 0 Å². The molecule has 0 aliphatic carbocycles. The summed E-state index contributed by atoms with van der Waals surface area (Å²) < 4.78 is 5.86. The minimum atomic E-state index is -0.326. The molecule has 112 valence electrons. The highest BCUT2D eigenvalue weighted by atomic mass is 16.5. The first-order chi connectivity index (χ1) is 10.2. The fourth-order valence-corrected chi connectivity index (χ4v) is 2.82. The normalized spacial score (nSPS) is 23.0. The van der Waals surface area contributed by atoms with E-state index >= 15 is 0 Å². The van der Waals surface area contributed by atoms with E-state index < -0.39 is 0 Å². The van der Waals surface area contributed by atoms with Crippen molar-refractivity contribution in [3.8, 4) is 5.75 Å². The number of hydrogen-bond acceptors (Lipinski definition) is 4. The summed E-state index contributed by atoms with van der Waals surface area (Å²) in [7, 11) is 0. The monoisotopic (exact) mass is 289 g/mol. The third kappa shape index (κ3) is 3.32. The van der Waals surface area contributed by atoms with Crippen LogP contribution in [0.25, 0.3) is 0 Å². The maximum absolute atomic E-state index is 12.3. The van der Waals surface area contributed by atoms with Crippen molar-refractivity contribution in [3.63, 3.8) is 0 Å². The minimum absolute atomic E-state index is 0.0249. The first kappa shape index (κ1) is 13.9. The molecule has 1 unspecified atom stereocenters. The maximum atomic E-state index is 12.3. The molecule has 6 nitrogen and oxygen atoms in total. The molecular formula is C15H19N3O3. The predicted octanol–water partition coefficient (Wildman–Crippen LogP) is 0.730. The van der Waals surface area contributed by atoms with Gasteiger partial charge in [-0.3, -0.25) is 14.6 Å². The second-order valence-corrected chi connectivity index (χ2v) is 5.49. The first-order valence-electron chi connectivity index (χ1n) is 7.37. The Morgan fingerprint density at radius 2 is 2.14 bits per heavy atom. The Balaban J connectivity index is 1.49. The molecule has 1 aromatic heterocycles. The molecular weight excluding hydrogens is 270 g/mol. The lowest BCUT2D eigenvalue weighted by atomic mass is 10.1. The Kier molecular flexibility index (Phi) is 4.03. The third-order valence-electron chi connectivity index (χ3n) is 3.98. The van der Waals surface area contributed by atoms with Crippen molar-refractivity contribution in [3.05, 3.63) is 24.5 Å². The lowest BCUT2D eigenvalue weighted by molar-refractivity contribution is -0.136. The highest BCUT2D eigenvalue weighted by Gasteiger charge is 2.32. The summed E-state index contributed by atoms with van der Waals surface area (Å²) >= 11 is 0. The van der Waals surface area contributed by atoms with Gasteiger partial charge in [-0.05, 0) is 18.6 Å². The van der Waals surface area contributed by atoms with E-state index in [2.05, 4.69) is 10.3 Å². The van der Waals surface area contributed by atoms with Gasteiger partial charge < -0.3 is 15.0 Å². The predicted molar refractivity (Wildman–Crippen MR) is 75.6 cm³/mol. The van der Waals surface area contributed by atoms with E-state index in [0.29, 0.717) is 25.9 Å². The van der Waals surface area contributed by atoms with Crippen molar-refractivity contribution in [2.24, 2.45) is 0 Å². The lowest BCUT2D eigenvalue weighted by Crippen LogP contribution is -2.49. The van der Waals surface area contributed by atoms with Gasteiger partial charge in [0.25, 0.3) is 0 Å². The molecule has 1 atom stereocenters. The van der Waals surface area contributed by atoms with Crippen LogP contribution in [0.1, 0.15) is 25.7 Å². The Morgan fingerprint density at radius 3 is 2.76 bits per heavy atom. The van der Waals surface area contributed by atoms with Crippen molar-refractivity contribution >= 4 is 11.8 Å². The topological polar surface area (TPSA) is 71.5 Å². The van der Waals surface area contributed by atoms with Gasteiger partial charge >= 0.3 is 0 Å². The van der Waals surface area contributed by atoms with E-state index in [1.165, 1.54) is 0 Å². The molecule has 2 aliphatic heterocycles. The highest BCUT2D eigenvalue weighted by molar-refractivity contribution is 5.90. The van der Waals surface area contributed by atoms with Gasteiger partial charge in [0.1, 0.15) is 17.9 Å². The molecule has 0 aromatic carbocycles. The summed E-state index contributed by atoms with van der Waals surface area (Å²) in [4.78, 5) is 29.3. The second-order valence-electron chi connectivity index (χ2n) is 5.49. The number of aromatic nitrogens is 1. The number of hydrogen-bond donors (Lipinski definition) is 1. The van der Waals surface area contributed by atoms with Crippen molar-refractivity contribution in [2.75, 3.05) is 13.1 Å². The Hall–Kier alpha value is -2.11. The van der Waals surface area contributed by atoms with Gasteiger partial charge in [0, 0.05) is 38.5 Å². The molecule has 3 heterocycles. The molecule has 0 saturated carbocycles. The van der Waals surface area contributed by atoms with Gasteiger partial charge in [0.05, 0.1) is 6.20 Å². The number of nitrogens with zero attached hydrogens (tertiary/aromatic N) is 2. The van der Waals surface area contributed by atoms with Gasteiger partial charge in [0.2, 0.25) is 11.8 Å². The molecule has 2 amide bonds. The summed E-state index contributed by atoms with van der Waals surface area (Å²) in [6, 6.07) is 3.41. The third-order valence-corrected chi connectivity index (χ3v) is 3.98. The smallest absolute Gasteiger partial charge is 0.245 e. The van der Waals surface area contributed by atoms with Gasteiger partial charge in [-0.15, -0.1) is 0 Å². The van der Waals surface area contributed by atoms with E-state index in [0.717, 1.165) is 18.6 Å². The van der Waals surface area contributed by atoms with Gasteiger partial charge in [-0.2, -0.15) is 0 Å². The van der Waals surface area contributed by atoms with Crippen LogP contribution in [0.3, 0.4) is 0 Å². The van der Waals surface area contributed by atoms with E-state index in [4.69, 9.17) is 4.74 Å². The Morgan fingerprint density at radius 1 is 1.33 bits per heavy atom. The Bertz CT molecular complexity index is 512. The molecule has 0 radical (unpaired) electrons. The number of amides is 2. The van der Waals surface area contributed by atoms with Crippen LogP contribution in [0, 0.1) is 0 Å².